The normalized spacial score (nSPS) is 30.1. The first-order chi connectivity index (χ1) is 9.16. The molecule has 19 heavy (non-hydrogen) atoms. The van der Waals surface area contributed by atoms with E-state index in [4.69, 9.17) is 5.73 Å². The number of benzene rings is 1. The number of rotatable bonds is 2. The molecule has 0 aromatic heterocycles. The predicted molar refractivity (Wildman–Crippen MR) is 71.2 cm³/mol. The van der Waals surface area contributed by atoms with E-state index in [9.17, 15) is 9.90 Å². The summed E-state index contributed by atoms with van der Waals surface area (Å²) in [4.78, 5) is 11.3. The molecule has 1 heterocycles. The lowest BCUT2D eigenvalue weighted by molar-refractivity contribution is -0.142. The highest BCUT2D eigenvalue weighted by Gasteiger charge is 2.40. The molecule has 1 saturated heterocycles. The van der Waals surface area contributed by atoms with Crippen molar-refractivity contribution in [3.8, 4) is 0 Å². The fourth-order valence-corrected chi connectivity index (χ4v) is 3.11. The van der Waals surface area contributed by atoms with Crippen LogP contribution in [-0.2, 0) is 17.6 Å². The summed E-state index contributed by atoms with van der Waals surface area (Å²) < 4.78 is 0. The lowest BCUT2D eigenvalue weighted by Gasteiger charge is -2.21. The summed E-state index contributed by atoms with van der Waals surface area (Å²) in [5.41, 5.74) is 15.4. The molecule has 3 unspecified atom stereocenters. The van der Waals surface area contributed by atoms with Crippen molar-refractivity contribution in [1.82, 2.24) is 10.9 Å². The van der Waals surface area contributed by atoms with E-state index < -0.39 is 18.1 Å². The summed E-state index contributed by atoms with van der Waals surface area (Å²) >= 11 is 0. The fraction of sp³-hybridized carbons (Fsp3) is 0.500. The minimum atomic E-state index is -0.868. The van der Waals surface area contributed by atoms with Crippen molar-refractivity contribution in [3.63, 3.8) is 0 Å². The van der Waals surface area contributed by atoms with Gasteiger partial charge in [0, 0.05) is 0 Å². The van der Waals surface area contributed by atoms with Gasteiger partial charge in [-0.15, -0.1) is 0 Å². The third-order valence-corrected chi connectivity index (χ3v) is 4.17. The third kappa shape index (κ3) is 2.25. The van der Waals surface area contributed by atoms with Gasteiger partial charge < -0.3 is 10.8 Å². The number of nitrogens with two attached hydrogens (primary N) is 1. The average Bonchev–Trinajstić information content (AvgIpc) is 2.80. The van der Waals surface area contributed by atoms with Crippen molar-refractivity contribution in [3.05, 3.63) is 34.9 Å². The number of hydrogen-bond acceptors (Lipinski definition) is 4. The number of hydrazine groups is 1. The van der Waals surface area contributed by atoms with Crippen LogP contribution >= 0.6 is 0 Å². The first-order valence-corrected chi connectivity index (χ1v) is 6.78. The zero-order valence-electron chi connectivity index (χ0n) is 10.7. The van der Waals surface area contributed by atoms with Gasteiger partial charge in [-0.25, -0.2) is 10.9 Å². The maximum absolute atomic E-state index is 11.3. The molecule has 0 amide bonds. The lowest BCUT2D eigenvalue weighted by Crippen LogP contribution is -2.41. The first kappa shape index (κ1) is 12.6. The molecular formula is C14H19N3O2. The van der Waals surface area contributed by atoms with Crippen LogP contribution in [0.25, 0.3) is 0 Å². The van der Waals surface area contributed by atoms with Gasteiger partial charge in [0.05, 0.1) is 12.2 Å². The SMILES string of the molecule is NC1NNC(c2ccc3c(c2)CCCC3)C1C(=O)O. The molecular weight excluding hydrogens is 242 g/mol. The first-order valence-electron chi connectivity index (χ1n) is 6.78. The predicted octanol–water partition coefficient (Wildman–Crippen LogP) is 0.700. The van der Waals surface area contributed by atoms with Crippen LogP contribution in [0, 0.1) is 5.92 Å². The molecule has 1 aliphatic heterocycles. The van der Waals surface area contributed by atoms with Crippen LogP contribution in [0.4, 0.5) is 0 Å². The Hall–Kier alpha value is -1.43. The minimum Gasteiger partial charge on any atom is -0.481 e. The van der Waals surface area contributed by atoms with Crippen molar-refractivity contribution in [2.75, 3.05) is 0 Å². The van der Waals surface area contributed by atoms with Crippen LogP contribution in [0.1, 0.15) is 35.6 Å². The van der Waals surface area contributed by atoms with Gasteiger partial charge in [0.25, 0.3) is 0 Å². The molecule has 3 rings (SSSR count). The Labute approximate surface area is 112 Å². The van der Waals surface area contributed by atoms with E-state index in [1.54, 1.807) is 0 Å². The molecule has 0 radical (unpaired) electrons. The van der Waals surface area contributed by atoms with E-state index in [1.165, 1.54) is 24.0 Å². The van der Waals surface area contributed by atoms with E-state index in [0.717, 1.165) is 18.4 Å². The monoisotopic (exact) mass is 261 g/mol. The largest absolute Gasteiger partial charge is 0.481 e. The Kier molecular flexibility index (Phi) is 3.26. The van der Waals surface area contributed by atoms with Gasteiger partial charge in [0.15, 0.2) is 0 Å². The van der Waals surface area contributed by atoms with Gasteiger partial charge in [-0.1, -0.05) is 18.2 Å². The van der Waals surface area contributed by atoms with Crippen LogP contribution in [0.5, 0.6) is 0 Å². The van der Waals surface area contributed by atoms with Crippen molar-refractivity contribution in [2.45, 2.75) is 37.9 Å². The highest BCUT2D eigenvalue weighted by Crippen LogP contribution is 2.30. The average molecular weight is 261 g/mol. The number of aryl methyl sites for hydroxylation is 2. The maximum Gasteiger partial charge on any atom is 0.311 e. The Morgan fingerprint density at radius 2 is 1.95 bits per heavy atom. The maximum atomic E-state index is 11.3. The number of nitrogens with one attached hydrogen (secondary N) is 2. The number of fused-ring (bicyclic) bond motifs is 1. The van der Waals surface area contributed by atoms with Crippen molar-refractivity contribution < 1.29 is 9.90 Å². The van der Waals surface area contributed by atoms with Crippen LogP contribution in [-0.4, -0.2) is 17.2 Å². The van der Waals surface area contributed by atoms with Crippen LogP contribution in [0.2, 0.25) is 0 Å². The molecule has 5 heteroatoms. The molecule has 1 aromatic rings. The van der Waals surface area contributed by atoms with E-state index in [1.807, 2.05) is 6.07 Å². The molecule has 0 spiro atoms. The van der Waals surface area contributed by atoms with Crippen molar-refractivity contribution in [1.29, 1.82) is 0 Å². The van der Waals surface area contributed by atoms with Gasteiger partial charge >= 0.3 is 5.97 Å². The van der Waals surface area contributed by atoms with Gasteiger partial charge in [0.2, 0.25) is 0 Å². The Morgan fingerprint density at radius 3 is 2.68 bits per heavy atom. The van der Waals surface area contributed by atoms with Crippen LogP contribution in [0.15, 0.2) is 18.2 Å². The molecule has 102 valence electrons. The fourth-order valence-electron chi connectivity index (χ4n) is 3.11. The van der Waals surface area contributed by atoms with Crippen LogP contribution in [0.3, 0.4) is 0 Å². The topological polar surface area (TPSA) is 87.4 Å². The third-order valence-electron chi connectivity index (χ3n) is 4.17. The van der Waals surface area contributed by atoms with Crippen molar-refractivity contribution in [2.24, 2.45) is 11.7 Å². The lowest BCUT2D eigenvalue weighted by atomic mass is 9.86. The molecule has 0 saturated carbocycles. The zero-order chi connectivity index (χ0) is 13.4. The van der Waals surface area contributed by atoms with E-state index in [0.29, 0.717) is 0 Å². The highest BCUT2D eigenvalue weighted by molar-refractivity contribution is 5.72. The number of carboxylic acid groups (broad SMARTS) is 1. The van der Waals surface area contributed by atoms with Gasteiger partial charge in [-0.2, -0.15) is 0 Å². The Morgan fingerprint density at radius 1 is 1.21 bits per heavy atom. The number of hydrogen-bond donors (Lipinski definition) is 4. The van der Waals surface area contributed by atoms with E-state index in [2.05, 4.69) is 23.0 Å². The quantitative estimate of drug-likeness (QED) is 0.629. The van der Waals surface area contributed by atoms with Gasteiger partial charge in [-0.05, 0) is 42.4 Å². The zero-order valence-corrected chi connectivity index (χ0v) is 10.7. The van der Waals surface area contributed by atoms with E-state index >= 15 is 0 Å². The summed E-state index contributed by atoms with van der Waals surface area (Å²) in [6.07, 6.45) is 4.13. The van der Waals surface area contributed by atoms with Gasteiger partial charge in [0.1, 0.15) is 5.92 Å². The van der Waals surface area contributed by atoms with Gasteiger partial charge in [-0.3, -0.25) is 4.79 Å². The summed E-state index contributed by atoms with van der Waals surface area (Å²) in [7, 11) is 0. The minimum absolute atomic E-state index is 0.264. The Bertz CT molecular complexity index is 503. The summed E-state index contributed by atoms with van der Waals surface area (Å²) in [6, 6.07) is 6.04. The number of aliphatic carboxylic acids is 1. The molecule has 5 N–H and O–H groups in total. The standard InChI is InChI=1S/C14H19N3O2/c15-13-11(14(18)19)12(16-17-13)10-6-5-8-3-1-2-4-9(8)7-10/h5-7,11-13,16-17H,1-4,15H2,(H,18,19). The smallest absolute Gasteiger partial charge is 0.311 e. The molecule has 1 aliphatic carbocycles. The molecule has 2 aliphatic rings. The second-order valence-electron chi connectivity index (χ2n) is 5.39. The molecule has 5 nitrogen and oxygen atoms in total. The Balaban J connectivity index is 1.91. The molecule has 0 bridgehead atoms. The molecule has 1 aromatic carbocycles. The van der Waals surface area contributed by atoms with E-state index in [-0.39, 0.29) is 6.04 Å². The highest BCUT2D eigenvalue weighted by atomic mass is 16.4. The summed E-state index contributed by atoms with van der Waals surface area (Å²) in [5.74, 6) is -1.51. The molecule has 1 fully saturated rings. The number of carboxylic acids is 1. The second kappa shape index (κ2) is 4.92. The summed E-state index contributed by atoms with van der Waals surface area (Å²) in [5, 5.41) is 9.29. The van der Waals surface area contributed by atoms with Crippen LogP contribution < -0.4 is 16.6 Å². The van der Waals surface area contributed by atoms with Crippen molar-refractivity contribution >= 4 is 5.97 Å². The second-order valence-corrected chi connectivity index (χ2v) is 5.39. The summed E-state index contributed by atoms with van der Waals surface area (Å²) in [6.45, 7) is 0. The molecule has 3 atom stereocenters. The number of carbonyl (C=O) groups is 1.